The SMILES string of the molecule is CCC1COC(=O)N1c1nc(C)nc(N[C@@H](C)c2cn(-c3ccc(Cl)cc3)cn2)n1. The van der Waals surface area contributed by atoms with Crippen LogP contribution >= 0.6 is 11.6 Å². The topological polar surface area (TPSA) is 98.1 Å². The number of nitrogens with zero attached hydrogens (tertiary/aromatic N) is 6. The van der Waals surface area contributed by atoms with Gasteiger partial charge in [-0.3, -0.25) is 0 Å². The largest absolute Gasteiger partial charge is 0.447 e. The first-order valence-corrected chi connectivity index (χ1v) is 10.1. The van der Waals surface area contributed by atoms with Crippen molar-refractivity contribution in [3.63, 3.8) is 0 Å². The number of anilines is 2. The fourth-order valence-corrected chi connectivity index (χ4v) is 3.36. The molecule has 1 N–H and O–H groups in total. The second-order valence-corrected chi connectivity index (χ2v) is 7.50. The summed E-state index contributed by atoms with van der Waals surface area (Å²) in [4.78, 5) is 31.2. The van der Waals surface area contributed by atoms with Crippen molar-refractivity contribution < 1.29 is 9.53 Å². The average Bonchev–Trinajstić information content (AvgIpc) is 3.35. The summed E-state index contributed by atoms with van der Waals surface area (Å²) in [6.45, 7) is 6.05. The standard InChI is InChI=1S/C20H22ClN7O2/c1-4-15-10-30-20(29)28(15)19-25-13(3)24-18(26-19)23-12(2)17-9-27(11-22-17)16-7-5-14(21)6-8-16/h5-9,11-12,15H,4,10H2,1-3H3,(H,23,24,25,26)/t12-,15?/m0/s1. The molecule has 2 aromatic heterocycles. The molecule has 1 aliphatic heterocycles. The van der Waals surface area contributed by atoms with Gasteiger partial charge in [-0.1, -0.05) is 18.5 Å². The van der Waals surface area contributed by atoms with Gasteiger partial charge in [0, 0.05) is 16.9 Å². The number of imidazole rings is 1. The number of halogens is 1. The van der Waals surface area contributed by atoms with Gasteiger partial charge >= 0.3 is 6.09 Å². The van der Waals surface area contributed by atoms with Crippen molar-refractivity contribution in [2.45, 2.75) is 39.3 Å². The summed E-state index contributed by atoms with van der Waals surface area (Å²) in [7, 11) is 0. The van der Waals surface area contributed by atoms with Crippen LogP contribution in [0.4, 0.5) is 16.7 Å². The lowest BCUT2D eigenvalue weighted by atomic mass is 10.2. The molecule has 3 heterocycles. The molecule has 1 amide bonds. The molecule has 0 bridgehead atoms. The molecule has 156 valence electrons. The average molecular weight is 428 g/mol. The minimum absolute atomic E-state index is 0.0837. The first kappa shape index (κ1) is 20.1. The van der Waals surface area contributed by atoms with Crippen LogP contribution in [-0.2, 0) is 4.74 Å². The summed E-state index contributed by atoms with van der Waals surface area (Å²) in [5.41, 5.74) is 1.78. The van der Waals surface area contributed by atoms with Gasteiger partial charge < -0.3 is 14.6 Å². The van der Waals surface area contributed by atoms with Crippen molar-refractivity contribution in [1.82, 2.24) is 24.5 Å². The molecule has 1 aliphatic rings. The Morgan fingerprint density at radius 3 is 2.77 bits per heavy atom. The van der Waals surface area contributed by atoms with Crippen LogP contribution < -0.4 is 10.2 Å². The maximum absolute atomic E-state index is 12.1. The number of hydrogen-bond donors (Lipinski definition) is 1. The molecule has 0 saturated carbocycles. The molecule has 30 heavy (non-hydrogen) atoms. The number of amides is 1. The molecule has 3 aromatic rings. The molecular formula is C20H22ClN7O2. The number of hydrogen-bond acceptors (Lipinski definition) is 7. The van der Waals surface area contributed by atoms with Crippen molar-refractivity contribution in [1.29, 1.82) is 0 Å². The zero-order valence-electron chi connectivity index (χ0n) is 16.9. The maximum atomic E-state index is 12.1. The van der Waals surface area contributed by atoms with Crippen LogP contribution in [0.5, 0.6) is 0 Å². The molecule has 1 unspecified atom stereocenters. The molecule has 0 radical (unpaired) electrons. The Morgan fingerprint density at radius 2 is 2.03 bits per heavy atom. The zero-order valence-corrected chi connectivity index (χ0v) is 17.7. The lowest BCUT2D eigenvalue weighted by Crippen LogP contribution is -2.34. The summed E-state index contributed by atoms with van der Waals surface area (Å²) in [5.74, 6) is 1.18. The number of cyclic esters (lactones) is 1. The predicted molar refractivity (Wildman–Crippen MR) is 113 cm³/mol. The molecule has 10 heteroatoms. The lowest BCUT2D eigenvalue weighted by Gasteiger charge is -2.19. The van der Waals surface area contributed by atoms with E-state index in [1.807, 2.05) is 48.9 Å². The third-order valence-corrected chi connectivity index (χ3v) is 5.15. The third-order valence-electron chi connectivity index (χ3n) is 4.90. The Balaban J connectivity index is 1.54. The summed E-state index contributed by atoms with van der Waals surface area (Å²) in [5, 5.41) is 3.93. The highest BCUT2D eigenvalue weighted by Crippen LogP contribution is 2.24. The van der Waals surface area contributed by atoms with Crippen LogP contribution in [0, 0.1) is 6.92 Å². The van der Waals surface area contributed by atoms with E-state index in [2.05, 4.69) is 25.3 Å². The third kappa shape index (κ3) is 4.06. The molecule has 9 nitrogen and oxygen atoms in total. The maximum Gasteiger partial charge on any atom is 0.417 e. The lowest BCUT2D eigenvalue weighted by molar-refractivity contribution is 0.178. The van der Waals surface area contributed by atoms with E-state index in [-0.39, 0.29) is 12.1 Å². The van der Waals surface area contributed by atoms with Gasteiger partial charge in [0.25, 0.3) is 0 Å². The number of rotatable bonds is 6. The van der Waals surface area contributed by atoms with Gasteiger partial charge in [0.1, 0.15) is 12.4 Å². The van der Waals surface area contributed by atoms with Crippen LogP contribution in [0.15, 0.2) is 36.8 Å². The van der Waals surface area contributed by atoms with E-state index in [0.717, 1.165) is 17.8 Å². The normalized spacial score (nSPS) is 17.1. The quantitative estimate of drug-likeness (QED) is 0.636. The van der Waals surface area contributed by atoms with Gasteiger partial charge in [-0.2, -0.15) is 15.0 Å². The fourth-order valence-electron chi connectivity index (χ4n) is 3.23. The van der Waals surface area contributed by atoms with E-state index in [4.69, 9.17) is 16.3 Å². The smallest absolute Gasteiger partial charge is 0.417 e. The molecule has 4 rings (SSSR count). The number of ether oxygens (including phenoxy) is 1. The van der Waals surface area contributed by atoms with Gasteiger partial charge in [-0.05, 0) is 44.5 Å². The number of aromatic nitrogens is 5. The number of nitrogens with one attached hydrogen (secondary N) is 1. The Hall–Kier alpha value is -3.20. The van der Waals surface area contributed by atoms with E-state index in [9.17, 15) is 4.79 Å². The molecule has 1 saturated heterocycles. The summed E-state index contributed by atoms with van der Waals surface area (Å²) in [6, 6.07) is 7.26. The van der Waals surface area contributed by atoms with Gasteiger partial charge in [-0.15, -0.1) is 0 Å². The van der Waals surface area contributed by atoms with Gasteiger partial charge in [-0.25, -0.2) is 14.7 Å². The molecule has 1 fully saturated rings. The Bertz CT molecular complexity index is 1050. The summed E-state index contributed by atoms with van der Waals surface area (Å²) in [6.07, 6.45) is 3.99. The van der Waals surface area contributed by atoms with Crippen molar-refractivity contribution in [3.05, 3.63) is 53.3 Å². The number of carbonyl (C=O) groups excluding carboxylic acids is 1. The van der Waals surface area contributed by atoms with Gasteiger partial charge in [0.05, 0.1) is 24.1 Å². The first-order valence-electron chi connectivity index (χ1n) is 9.69. The highest BCUT2D eigenvalue weighted by Gasteiger charge is 2.35. The van der Waals surface area contributed by atoms with Crippen LogP contribution in [0.2, 0.25) is 5.02 Å². The van der Waals surface area contributed by atoms with Crippen molar-refractivity contribution in [3.8, 4) is 5.69 Å². The highest BCUT2D eigenvalue weighted by molar-refractivity contribution is 6.30. The van der Waals surface area contributed by atoms with E-state index < -0.39 is 6.09 Å². The predicted octanol–water partition coefficient (Wildman–Crippen LogP) is 3.93. The van der Waals surface area contributed by atoms with E-state index in [1.165, 1.54) is 4.90 Å². The van der Waals surface area contributed by atoms with Crippen LogP contribution in [0.25, 0.3) is 5.69 Å². The molecule has 0 spiro atoms. The van der Waals surface area contributed by atoms with Crippen molar-refractivity contribution in [2.24, 2.45) is 0 Å². The second-order valence-electron chi connectivity index (χ2n) is 7.06. The molecule has 2 atom stereocenters. The monoisotopic (exact) mass is 427 g/mol. The molecule has 1 aromatic carbocycles. The van der Waals surface area contributed by atoms with Crippen molar-refractivity contribution in [2.75, 3.05) is 16.8 Å². The van der Waals surface area contributed by atoms with Crippen molar-refractivity contribution >= 4 is 29.6 Å². The van der Waals surface area contributed by atoms with E-state index >= 15 is 0 Å². The highest BCUT2D eigenvalue weighted by atomic mass is 35.5. The Labute approximate surface area is 179 Å². The minimum Gasteiger partial charge on any atom is -0.447 e. The summed E-state index contributed by atoms with van der Waals surface area (Å²) >= 11 is 5.96. The number of carbonyl (C=O) groups is 1. The molecule has 0 aliphatic carbocycles. The van der Waals surface area contributed by atoms with Gasteiger partial charge in [0.15, 0.2) is 0 Å². The first-order chi connectivity index (χ1) is 14.4. The van der Waals surface area contributed by atoms with Crippen LogP contribution in [-0.4, -0.2) is 43.2 Å². The summed E-state index contributed by atoms with van der Waals surface area (Å²) < 4.78 is 7.07. The Kier molecular flexibility index (Phi) is 5.54. The van der Waals surface area contributed by atoms with Gasteiger partial charge in [0.2, 0.25) is 11.9 Å². The van der Waals surface area contributed by atoms with Crippen LogP contribution in [0.3, 0.4) is 0 Å². The number of benzene rings is 1. The fraction of sp³-hybridized carbons (Fsp3) is 0.350. The van der Waals surface area contributed by atoms with Crippen LogP contribution in [0.1, 0.15) is 37.8 Å². The zero-order chi connectivity index (χ0) is 21.3. The van der Waals surface area contributed by atoms with E-state index in [1.54, 1.807) is 13.3 Å². The molecular weight excluding hydrogens is 406 g/mol. The second kappa shape index (κ2) is 8.27. The minimum atomic E-state index is -0.437. The van der Waals surface area contributed by atoms with E-state index in [0.29, 0.717) is 29.4 Å². The number of aryl methyl sites for hydroxylation is 1. The Morgan fingerprint density at radius 1 is 1.27 bits per heavy atom.